The summed E-state index contributed by atoms with van der Waals surface area (Å²) in [5.74, 6) is 0.723. The van der Waals surface area contributed by atoms with Crippen molar-refractivity contribution in [3.63, 3.8) is 0 Å². The molecule has 1 aromatic heterocycles. The molecular formula is C23H31N3O4S. The van der Waals surface area contributed by atoms with Gasteiger partial charge in [-0.05, 0) is 57.8 Å². The molecule has 3 heterocycles. The third kappa shape index (κ3) is 4.36. The Balaban J connectivity index is 1.49. The molecule has 0 bridgehead atoms. The lowest BCUT2D eigenvalue weighted by Crippen LogP contribution is -2.48. The molecule has 0 unspecified atom stereocenters. The molecule has 0 aliphatic carbocycles. The van der Waals surface area contributed by atoms with Crippen molar-refractivity contribution in [3.05, 3.63) is 22.7 Å². The fourth-order valence-electron chi connectivity index (χ4n) is 4.65. The van der Waals surface area contributed by atoms with E-state index in [0.717, 1.165) is 25.9 Å². The first-order valence-electron chi connectivity index (χ1n) is 11.0. The molecule has 2 fully saturated rings. The number of thiazole rings is 1. The Hall–Kier alpha value is -2.32. The molecule has 0 radical (unpaired) electrons. The van der Waals surface area contributed by atoms with Crippen LogP contribution < -0.4 is 9.47 Å². The third-order valence-electron chi connectivity index (χ3n) is 6.40. The van der Waals surface area contributed by atoms with E-state index in [4.69, 9.17) is 9.47 Å². The molecule has 1 amide bonds. The molecule has 168 valence electrons. The van der Waals surface area contributed by atoms with Crippen molar-refractivity contribution in [1.29, 1.82) is 0 Å². The average Bonchev–Trinajstić information content (AvgIpc) is 3.20. The standard InChI is InChI=1S/C23H31N3O4S/c1-15-21(23(28)26-13-9-16(10-14-26)25-11-5-4-6-12-25)31-22(24-15)17-7-8-18(29-2)20(30-3)19(17)27/h7-8,16,27H,4-6,9-14H2,1-3H3. The Morgan fingerprint density at radius 3 is 2.45 bits per heavy atom. The molecule has 2 aliphatic heterocycles. The van der Waals surface area contributed by atoms with Crippen LogP contribution >= 0.6 is 11.3 Å². The largest absolute Gasteiger partial charge is 0.504 e. The molecule has 0 atom stereocenters. The molecule has 1 aromatic carbocycles. The summed E-state index contributed by atoms with van der Waals surface area (Å²) in [6.45, 7) is 5.82. The second kappa shape index (κ2) is 9.44. The number of aryl methyl sites for hydroxylation is 1. The van der Waals surface area contributed by atoms with Crippen LogP contribution in [0.2, 0.25) is 0 Å². The summed E-state index contributed by atoms with van der Waals surface area (Å²) in [5, 5.41) is 11.3. The summed E-state index contributed by atoms with van der Waals surface area (Å²) in [7, 11) is 3.01. The van der Waals surface area contributed by atoms with E-state index in [1.165, 1.54) is 57.9 Å². The summed E-state index contributed by atoms with van der Waals surface area (Å²) < 4.78 is 10.5. The second-order valence-corrected chi connectivity index (χ2v) is 9.25. The predicted octanol–water partition coefficient (Wildman–Crippen LogP) is 3.93. The van der Waals surface area contributed by atoms with E-state index in [-0.39, 0.29) is 17.4 Å². The average molecular weight is 446 g/mol. The Kier molecular flexibility index (Phi) is 6.67. The highest BCUT2D eigenvalue weighted by Crippen LogP contribution is 2.44. The summed E-state index contributed by atoms with van der Waals surface area (Å²) in [5.41, 5.74) is 1.23. The first-order valence-corrected chi connectivity index (χ1v) is 11.8. The zero-order chi connectivity index (χ0) is 22.0. The van der Waals surface area contributed by atoms with Crippen molar-refractivity contribution in [2.75, 3.05) is 40.4 Å². The lowest BCUT2D eigenvalue weighted by molar-refractivity contribution is 0.0593. The molecule has 2 aromatic rings. The zero-order valence-corrected chi connectivity index (χ0v) is 19.3. The fraction of sp³-hybridized carbons (Fsp3) is 0.565. The SMILES string of the molecule is COc1ccc(-c2nc(C)c(C(=O)N3CCC(N4CCCCC4)CC3)s2)c(O)c1OC. The highest BCUT2D eigenvalue weighted by atomic mass is 32.1. The first-order chi connectivity index (χ1) is 15.0. The minimum atomic E-state index is -0.0306. The highest BCUT2D eigenvalue weighted by Gasteiger charge is 2.30. The van der Waals surface area contributed by atoms with Gasteiger partial charge in [0.15, 0.2) is 11.5 Å². The van der Waals surface area contributed by atoms with E-state index in [2.05, 4.69) is 9.88 Å². The maximum absolute atomic E-state index is 13.2. The number of phenols is 1. The van der Waals surface area contributed by atoms with Gasteiger partial charge in [0.1, 0.15) is 9.88 Å². The van der Waals surface area contributed by atoms with Gasteiger partial charge in [-0.2, -0.15) is 0 Å². The van der Waals surface area contributed by atoms with Gasteiger partial charge in [0.2, 0.25) is 5.75 Å². The number of aromatic nitrogens is 1. The number of methoxy groups -OCH3 is 2. The lowest BCUT2D eigenvalue weighted by Gasteiger charge is -2.40. The molecule has 2 aliphatic rings. The van der Waals surface area contributed by atoms with Crippen LogP contribution in [0.5, 0.6) is 17.2 Å². The van der Waals surface area contributed by atoms with E-state index < -0.39 is 0 Å². The van der Waals surface area contributed by atoms with Crippen LogP contribution in [-0.2, 0) is 0 Å². The smallest absolute Gasteiger partial charge is 0.265 e. The van der Waals surface area contributed by atoms with E-state index in [9.17, 15) is 9.90 Å². The second-order valence-electron chi connectivity index (χ2n) is 8.25. The first kappa shape index (κ1) is 21.9. The number of hydrogen-bond donors (Lipinski definition) is 1. The Morgan fingerprint density at radius 2 is 1.81 bits per heavy atom. The molecular weight excluding hydrogens is 414 g/mol. The van der Waals surface area contributed by atoms with Crippen LogP contribution in [0.4, 0.5) is 0 Å². The molecule has 8 heteroatoms. The minimum absolute atomic E-state index is 0.0306. The van der Waals surface area contributed by atoms with Gasteiger partial charge in [0.25, 0.3) is 5.91 Å². The number of hydrogen-bond acceptors (Lipinski definition) is 7. The maximum Gasteiger partial charge on any atom is 0.265 e. The van der Waals surface area contributed by atoms with E-state index in [1.807, 2.05) is 11.8 Å². The number of carbonyl (C=O) groups excluding carboxylic acids is 1. The van der Waals surface area contributed by atoms with Crippen LogP contribution in [0, 0.1) is 6.92 Å². The van der Waals surface area contributed by atoms with E-state index in [0.29, 0.717) is 32.9 Å². The summed E-state index contributed by atoms with van der Waals surface area (Å²) in [6, 6.07) is 4.08. The van der Waals surface area contributed by atoms with Crippen molar-refractivity contribution < 1.29 is 19.4 Å². The summed E-state index contributed by atoms with van der Waals surface area (Å²) >= 11 is 1.32. The lowest BCUT2D eigenvalue weighted by atomic mass is 10.00. The monoisotopic (exact) mass is 445 g/mol. The topological polar surface area (TPSA) is 75.1 Å². The molecule has 0 spiro atoms. The summed E-state index contributed by atoms with van der Waals surface area (Å²) in [6.07, 6.45) is 6.01. The zero-order valence-electron chi connectivity index (χ0n) is 18.5. The van der Waals surface area contributed by atoms with Gasteiger partial charge in [-0.3, -0.25) is 4.79 Å². The molecule has 1 N–H and O–H groups in total. The highest BCUT2D eigenvalue weighted by molar-refractivity contribution is 7.17. The predicted molar refractivity (Wildman–Crippen MR) is 121 cm³/mol. The van der Waals surface area contributed by atoms with Gasteiger partial charge in [-0.15, -0.1) is 11.3 Å². The molecule has 4 rings (SSSR count). The number of rotatable bonds is 5. The number of benzene rings is 1. The fourth-order valence-corrected chi connectivity index (χ4v) is 5.71. The number of aromatic hydroxyl groups is 1. The van der Waals surface area contributed by atoms with Crippen molar-refractivity contribution in [2.24, 2.45) is 0 Å². The van der Waals surface area contributed by atoms with E-state index in [1.54, 1.807) is 12.1 Å². The van der Waals surface area contributed by atoms with Crippen LogP contribution in [0.15, 0.2) is 12.1 Å². The number of piperidine rings is 2. The molecule has 2 saturated heterocycles. The van der Waals surface area contributed by atoms with Gasteiger partial charge in [0, 0.05) is 19.1 Å². The quantitative estimate of drug-likeness (QED) is 0.752. The molecule has 7 nitrogen and oxygen atoms in total. The van der Waals surface area contributed by atoms with Gasteiger partial charge in [0.05, 0.1) is 25.5 Å². The van der Waals surface area contributed by atoms with Crippen molar-refractivity contribution in [2.45, 2.75) is 45.1 Å². The van der Waals surface area contributed by atoms with E-state index >= 15 is 0 Å². The van der Waals surface area contributed by atoms with Crippen LogP contribution in [0.25, 0.3) is 10.6 Å². The maximum atomic E-state index is 13.2. The van der Waals surface area contributed by atoms with Crippen molar-refractivity contribution >= 4 is 17.2 Å². The summed E-state index contributed by atoms with van der Waals surface area (Å²) in [4.78, 5) is 23.0. The van der Waals surface area contributed by atoms with Gasteiger partial charge in [-0.1, -0.05) is 6.42 Å². The Bertz CT molecular complexity index is 931. The third-order valence-corrected chi connectivity index (χ3v) is 7.58. The van der Waals surface area contributed by atoms with Crippen molar-refractivity contribution in [1.82, 2.24) is 14.8 Å². The van der Waals surface area contributed by atoms with Gasteiger partial charge in [-0.25, -0.2) is 4.98 Å². The Labute approximate surface area is 187 Å². The molecule has 0 saturated carbocycles. The number of carbonyl (C=O) groups is 1. The van der Waals surface area contributed by atoms with Crippen molar-refractivity contribution in [3.8, 4) is 27.8 Å². The number of likely N-dealkylation sites (tertiary alicyclic amines) is 2. The normalized spacial score (nSPS) is 18.2. The number of amides is 1. The van der Waals surface area contributed by atoms with Crippen LogP contribution in [-0.4, -0.2) is 72.2 Å². The van der Waals surface area contributed by atoms with Gasteiger partial charge < -0.3 is 24.4 Å². The van der Waals surface area contributed by atoms with Gasteiger partial charge >= 0.3 is 0 Å². The van der Waals surface area contributed by atoms with Crippen LogP contribution in [0.3, 0.4) is 0 Å². The van der Waals surface area contributed by atoms with Crippen LogP contribution in [0.1, 0.15) is 47.5 Å². The number of nitrogens with zero attached hydrogens (tertiary/aromatic N) is 3. The number of ether oxygens (including phenoxy) is 2. The number of phenolic OH excluding ortho intramolecular Hbond substituents is 1. The minimum Gasteiger partial charge on any atom is -0.504 e. The Morgan fingerprint density at radius 1 is 1.10 bits per heavy atom. The molecule has 31 heavy (non-hydrogen) atoms.